The average Bonchev–Trinajstić information content (AvgIpc) is 3.38. The lowest BCUT2D eigenvalue weighted by molar-refractivity contribution is -0.384. The van der Waals surface area contributed by atoms with E-state index in [9.17, 15) is 24.5 Å². The van der Waals surface area contributed by atoms with Crippen LogP contribution in [-0.2, 0) is 15.1 Å². The largest absolute Gasteiger partial charge is 0.344 e. The molecule has 2 aliphatic rings. The Kier molecular flexibility index (Phi) is 4.39. The fraction of sp³-hybridized carbons (Fsp3) is 0.471. The maximum Gasteiger partial charge on any atom is 0.325 e. The predicted octanol–water partition coefficient (Wildman–Crippen LogP) is 1.23. The number of hydrogen-bond acceptors (Lipinski definition) is 5. The number of urea groups is 1. The van der Waals surface area contributed by atoms with Gasteiger partial charge in [0.15, 0.2) is 0 Å². The van der Waals surface area contributed by atoms with Crippen molar-refractivity contribution in [3.05, 3.63) is 39.9 Å². The summed E-state index contributed by atoms with van der Waals surface area (Å²) >= 11 is 0. The van der Waals surface area contributed by atoms with Crippen LogP contribution in [0.5, 0.6) is 0 Å². The number of carbonyl (C=O) groups excluding carboxylic acids is 3. The summed E-state index contributed by atoms with van der Waals surface area (Å²) in [5, 5.41) is 13.4. The molecule has 0 unspecified atom stereocenters. The summed E-state index contributed by atoms with van der Waals surface area (Å²) in [5.74, 6) is -0.338. The number of benzene rings is 1. The van der Waals surface area contributed by atoms with Gasteiger partial charge in [-0.3, -0.25) is 24.6 Å². The van der Waals surface area contributed by atoms with Crippen LogP contribution in [-0.4, -0.2) is 52.7 Å². The van der Waals surface area contributed by atoms with Crippen molar-refractivity contribution < 1.29 is 19.3 Å². The van der Waals surface area contributed by atoms with Crippen LogP contribution >= 0.6 is 0 Å². The maximum atomic E-state index is 12.8. The van der Waals surface area contributed by atoms with Crippen LogP contribution < -0.4 is 5.32 Å². The summed E-state index contributed by atoms with van der Waals surface area (Å²) in [6.45, 7) is 1.82. The molecule has 138 valence electrons. The molecule has 1 N–H and O–H groups in total. The number of imide groups is 1. The minimum absolute atomic E-state index is 0.108. The molecule has 1 saturated carbocycles. The summed E-state index contributed by atoms with van der Waals surface area (Å²) in [5.41, 5.74) is -1.05. The molecule has 4 amide bonds. The number of carbonyl (C=O) groups is 3. The SMILES string of the molecule is CN(CC1CC1)C(=O)CN1C(=O)N[C@@](C)(c2ccc([N+](=O)[O-])cc2)C1=O. The lowest BCUT2D eigenvalue weighted by atomic mass is 9.92. The Morgan fingerprint density at radius 2 is 1.96 bits per heavy atom. The van der Waals surface area contributed by atoms with E-state index in [0.717, 1.165) is 17.7 Å². The van der Waals surface area contributed by atoms with Crippen LogP contribution in [0.25, 0.3) is 0 Å². The van der Waals surface area contributed by atoms with Crippen molar-refractivity contribution in [3.63, 3.8) is 0 Å². The number of nitrogens with one attached hydrogen (secondary N) is 1. The molecular formula is C17H20N4O5. The van der Waals surface area contributed by atoms with E-state index in [-0.39, 0.29) is 18.1 Å². The first-order valence-corrected chi connectivity index (χ1v) is 8.35. The van der Waals surface area contributed by atoms with Gasteiger partial charge in [-0.05, 0) is 43.4 Å². The lowest BCUT2D eigenvalue weighted by Crippen LogP contribution is -2.44. The van der Waals surface area contributed by atoms with Crippen LogP contribution in [0.15, 0.2) is 24.3 Å². The molecule has 9 nitrogen and oxygen atoms in total. The van der Waals surface area contributed by atoms with Crippen LogP contribution in [0.4, 0.5) is 10.5 Å². The molecule has 0 radical (unpaired) electrons. The third-order valence-corrected chi connectivity index (χ3v) is 4.88. The molecule has 0 bridgehead atoms. The van der Waals surface area contributed by atoms with Crippen molar-refractivity contribution in [2.75, 3.05) is 20.1 Å². The maximum absolute atomic E-state index is 12.8. The highest BCUT2D eigenvalue weighted by atomic mass is 16.6. The summed E-state index contributed by atoms with van der Waals surface area (Å²) in [7, 11) is 1.66. The van der Waals surface area contributed by atoms with E-state index in [4.69, 9.17) is 0 Å². The Hall–Kier alpha value is -2.97. The van der Waals surface area contributed by atoms with Gasteiger partial charge in [0.25, 0.3) is 11.6 Å². The second-order valence-electron chi connectivity index (χ2n) is 6.97. The molecule has 2 fully saturated rings. The lowest BCUT2D eigenvalue weighted by Gasteiger charge is -2.23. The van der Waals surface area contributed by atoms with E-state index >= 15 is 0 Å². The second-order valence-corrected chi connectivity index (χ2v) is 6.97. The van der Waals surface area contributed by atoms with E-state index in [1.807, 2.05) is 0 Å². The van der Waals surface area contributed by atoms with Crippen molar-refractivity contribution in [3.8, 4) is 0 Å². The van der Waals surface area contributed by atoms with E-state index in [2.05, 4.69) is 5.32 Å². The van der Waals surface area contributed by atoms with Crippen molar-refractivity contribution in [2.24, 2.45) is 5.92 Å². The monoisotopic (exact) mass is 360 g/mol. The van der Waals surface area contributed by atoms with E-state index < -0.39 is 22.4 Å². The van der Waals surface area contributed by atoms with Crippen molar-refractivity contribution in [2.45, 2.75) is 25.3 Å². The molecule has 1 aromatic rings. The van der Waals surface area contributed by atoms with Gasteiger partial charge >= 0.3 is 6.03 Å². The summed E-state index contributed by atoms with van der Waals surface area (Å²) in [4.78, 5) is 50.0. The molecule has 9 heteroatoms. The van der Waals surface area contributed by atoms with Gasteiger partial charge < -0.3 is 10.2 Å². The van der Waals surface area contributed by atoms with Gasteiger partial charge in [0.05, 0.1) is 4.92 Å². The highest BCUT2D eigenvalue weighted by Crippen LogP contribution is 2.31. The Labute approximate surface area is 150 Å². The van der Waals surface area contributed by atoms with E-state index in [0.29, 0.717) is 18.0 Å². The Balaban J connectivity index is 1.74. The standard InChI is InChI=1S/C17H20N4O5/c1-17(12-5-7-13(8-6-12)21(25)26)15(23)20(16(24)18-17)10-14(22)19(2)9-11-3-4-11/h5-8,11H,3-4,9-10H2,1-2H3,(H,18,24)/t17-/m0/s1. The third-order valence-electron chi connectivity index (χ3n) is 4.88. The number of hydrogen-bond donors (Lipinski definition) is 1. The summed E-state index contributed by atoms with van der Waals surface area (Å²) < 4.78 is 0. The third kappa shape index (κ3) is 3.24. The average molecular weight is 360 g/mol. The van der Waals surface area contributed by atoms with Gasteiger partial charge in [0, 0.05) is 25.7 Å². The summed E-state index contributed by atoms with van der Waals surface area (Å²) in [6, 6.07) is 4.76. The Morgan fingerprint density at radius 3 is 2.50 bits per heavy atom. The number of nitro benzene ring substituents is 1. The number of amides is 4. The first-order valence-electron chi connectivity index (χ1n) is 8.35. The molecule has 1 aliphatic carbocycles. The fourth-order valence-corrected chi connectivity index (χ4v) is 3.00. The van der Waals surface area contributed by atoms with Crippen LogP contribution in [0.3, 0.4) is 0 Å². The molecule has 0 spiro atoms. The Morgan fingerprint density at radius 1 is 1.35 bits per heavy atom. The Bertz CT molecular complexity index is 774. The molecule has 1 saturated heterocycles. The minimum Gasteiger partial charge on any atom is -0.344 e. The normalized spacial score (nSPS) is 22.3. The fourth-order valence-electron chi connectivity index (χ4n) is 3.00. The van der Waals surface area contributed by atoms with E-state index in [1.165, 1.54) is 31.2 Å². The highest BCUT2D eigenvalue weighted by Gasteiger charge is 2.49. The van der Waals surface area contributed by atoms with Crippen LogP contribution in [0.2, 0.25) is 0 Å². The molecule has 1 aromatic carbocycles. The molecule has 1 heterocycles. The quantitative estimate of drug-likeness (QED) is 0.466. The highest BCUT2D eigenvalue weighted by molar-refractivity contribution is 6.09. The van der Waals surface area contributed by atoms with Gasteiger partial charge in [-0.25, -0.2) is 4.79 Å². The topological polar surface area (TPSA) is 113 Å². The number of nitro groups is 1. The first-order chi connectivity index (χ1) is 12.2. The van der Waals surface area contributed by atoms with Gasteiger partial charge in [0.2, 0.25) is 5.91 Å². The number of rotatable bonds is 6. The van der Waals surface area contributed by atoms with Crippen molar-refractivity contribution >= 4 is 23.5 Å². The molecule has 3 rings (SSSR count). The van der Waals surface area contributed by atoms with Crippen molar-refractivity contribution in [1.82, 2.24) is 15.1 Å². The first kappa shape index (κ1) is 17.8. The van der Waals surface area contributed by atoms with Crippen LogP contribution in [0, 0.1) is 16.0 Å². The zero-order valence-electron chi connectivity index (χ0n) is 14.6. The smallest absolute Gasteiger partial charge is 0.325 e. The predicted molar refractivity (Wildman–Crippen MR) is 91.1 cm³/mol. The van der Waals surface area contributed by atoms with Gasteiger partial charge in [-0.15, -0.1) is 0 Å². The number of likely N-dealkylation sites (N-methyl/N-ethyl adjacent to an activating group) is 1. The molecule has 1 aliphatic heterocycles. The number of non-ortho nitro benzene ring substituents is 1. The van der Waals surface area contributed by atoms with Crippen LogP contribution in [0.1, 0.15) is 25.3 Å². The number of nitrogens with zero attached hydrogens (tertiary/aromatic N) is 3. The summed E-state index contributed by atoms with van der Waals surface area (Å²) in [6.07, 6.45) is 2.19. The van der Waals surface area contributed by atoms with Gasteiger partial charge in [-0.2, -0.15) is 0 Å². The second kappa shape index (κ2) is 6.40. The molecule has 26 heavy (non-hydrogen) atoms. The minimum atomic E-state index is -1.36. The zero-order chi connectivity index (χ0) is 19.1. The molecular weight excluding hydrogens is 340 g/mol. The van der Waals surface area contributed by atoms with E-state index in [1.54, 1.807) is 11.9 Å². The van der Waals surface area contributed by atoms with Gasteiger partial charge in [-0.1, -0.05) is 0 Å². The van der Waals surface area contributed by atoms with Gasteiger partial charge in [0.1, 0.15) is 12.1 Å². The zero-order valence-corrected chi connectivity index (χ0v) is 14.6. The van der Waals surface area contributed by atoms with Crippen molar-refractivity contribution in [1.29, 1.82) is 0 Å². The molecule has 0 aromatic heterocycles. The molecule has 1 atom stereocenters.